The Labute approximate surface area is 143 Å². The summed E-state index contributed by atoms with van der Waals surface area (Å²) < 4.78 is 12.7. The molecule has 3 aromatic rings. The average molecular weight is 324 g/mol. The lowest BCUT2D eigenvalue weighted by Crippen LogP contribution is -2.03. The van der Waals surface area contributed by atoms with Crippen LogP contribution in [0.2, 0.25) is 0 Å². The van der Waals surface area contributed by atoms with Crippen LogP contribution >= 0.6 is 0 Å². The number of aromatic nitrogens is 2. The molecule has 126 valence electrons. The van der Waals surface area contributed by atoms with Crippen molar-refractivity contribution in [3.05, 3.63) is 60.6 Å². The molecular weight excluding hydrogens is 300 g/mol. The van der Waals surface area contributed by atoms with Crippen molar-refractivity contribution in [2.75, 3.05) is 26.9 Å². The van der Waals surface area contributed by atoms with Crippen LogP contribution in [0.1, 0.15) is 18.4 Å². The maximum absolute atomic E-state index is 5.53. The first-order valence-electron chi connectivity index (χ1n) is 8.46. The molecule has 4 nitrogen and oxygen atoms in total. The van der Waals surface area contributed by atoms with Crippen LogP contribution in [0, 0.1) is 0 Å². The number of pyridine rings is 1. The van der Waals surface area contributed by atoms with E-state index < -0.39 is 0 Å². The Morgan fingerprint density at radius 3 is 2.71 bits per heavy atom. The number of aryl methyl sites for hydroxylation is 1. The Morgan fingerprint density at radius 1 is 1.00 bits per heavy atom. The molecule has 0 aliphatic rings. The first-order chi connectivity index (χ1) is 11.9. The zero-order valence-corrected chi connectivity index (χ0v) is 14.1. The van der Waals surface area contributed by atoms with Crippen molar-refractivity contribution in [2.24, 2.45) is 0 Å². The van der Waals surface area contributed by atoms with Gasteiger partial charge in [0, 0.05) is 37.2 Å². The summed E-state index contributed by atoms with van der Waals surface area (Å²) in [6.45, 7) is 2.13. The van der Waals surface area contributed by atoms with E-state index in [-0.39, 0.29) is 0 Å². The SMILES string of the molecule is COCCOCCCCc1cn(-c2ccccc2)c2cnccc12. The molecule has 0 saturated carbocycles. The highest BCUT2D eigenvalue weighted by Crippen LogP contribution is 2.25. The van der Waals surface area contributed by atoms with Gasteiger partial charge in [-0.3, -0.25) is 4.98 Å². The Morgan fingerprint density at radius 2 is 1.88 bits per heavy atom. The Hall–Kier alpha value is -2.17. The third kappa shape index (κ3) is 4.02. The number of ether oxygens (including phenoxy) is 2. The summed E-state index contributed by atoms with van der Waals surface area (Å²) >= 11 is 0. The summed E-state index contributed by atoms with van der Waals surface area (Å²) in [4.78, 5) is 4.30. The number of fused-ring (bicyclic) bond motifs is 1. The van der Waals surface area contributed by atoms with Crippen LogP contribution < -0.4 is 0 Å². The fourth-order valence-corrected chi connectivity index (χ4v) is 2.91. The monoisotopic (exact) mass is 324 g/mol. The van der Waals surface area contributed by atoms with Crippen LogP contribution in [0.4, 0.5) is 0 Å². The maximum Gasteiger partial charge on any atom is 0.0715 e. The second-order valence-electron chi connectivity index (χ2n) is 5.81. The molecule has 0 N–H and O–H groups in total. The molecule has 0 aliphatic carbocycles. The molecule has 0 spiro atoms. The summed E-state index contributed by atoms with van der Waals surface area (Å²) in [5.41, 5.74) is 3.70. The normalized spacial score (nSPS) is 11.2. The molecule has 0 unspecified atom stereocenters. The van der Waals surface area contributed by atoms with E-state index in [4.69, 9.17) is 9.47 Å². The minimum absolute atomic E-state index is 0.664. The number of hydrogen-bond donors (Lipinski definition) is 0. The Balaban J connectivity index is 1.68. The van der Waals surface area contributed by atoms with Crippen LogP contribution in [0.3, 0.4) is 0 Å². The molecule has 1 aromatic carbocycles. The third-order valence-electron chi connectivity index (χ3n) is 4.14. The minimum Gasteiger partial charge on any atom is -0.382 e. The van der Waals surface area contributed by atoms with E-state index in [1.54, 1.807) is 7.11 Å². The number of rotatable bonds is 9. The molecule has 0 radical (unpaired) electrons. The topological polar surface area (TPSA) is 36.3 Å². The van der Waals surface area contributed by atoms with Gasteiger partial charge in [0.2, 0.25) is 0 Å². The van der Waals surface area contributed by atoms with Gasteiger partial charge in [-0.25, -0.2) is 0 Å². The van der Waals surface area contributed by atoms with Gasteiger partial charge in [0.05, 0.1) is 24.9 Å². The van der Waals surface area contributed by atoms with Crippen LogP contribution in [-0.4, -0.2) is 36.5 Å². The lowest BCUT2D eigenvalue weighted by molar-refractivity contribution is 0.0688. The zero-order valence-electron chi connectivity index (χ0n) is 14.1. The van der Waals surface area contributed by atoms with Crippen LogP contribution in [0.5, 0.6) is 0 Å². The number of nitrogens with zero attached hydrogens (tertiary/aromatic N) is 2. The minimum atomic E-state index is 0.664. The fourth-order valence-electron chi connectivity index (χ4n) is 2.91. The van der Waals surface area contributed by atoms with Gasteiger partial charge in [-0.2, -0.15) is 0 Å². The van der Waals surface area contributed by atoms with E-state index >= 15 is 0 Å². The van der Waals surface area contributed by atoms with Crippen molar-refractivity contribution >= 4 is 10.9 Å². The first kappa shape index (κ1) is 16.7. The summed E-state index contributed by atoms with van der Waals surface area (Å²) in [5.74, 6) is 0. The summed E-state index contributed by atoms with van der Waals surface area (Å²) in [6.07, 6.45) is 9.28. The summed E-state index contributed by atoms with van der Waals surface area (Å²) in [6, 6.07) is 12.5. The molecule has 24 heavy (non-hydrogen) atoms. The van der Waals surface area contributed by atoms with Crippen molar-refractivity contribution in [1.29, 1.82) is 0 Å². The van der Waals surface area contributed by atoms with Crippen LogP contribution in [-0.2, 0) is 15.9 Å². The van der Waals surface area contributed by atoms with E-state index in [2.05, 4.69) is 46.1 Å². The first-order valence-corrected chi connectivity index (χ1v) is 8.46. The largest absolute Gasteiger partial charge is 0.382 e. The maximum atomic E-state index is 5.53. The van der Waals surface area contributed by atoms with Gasteiger partial charge in [0.25, 0.3) is 0 Å². The predicted octanol–water partition coefficient (Wildman–Crippen LogP) is 4.01. The highest BCUT2D eigenvalue weighted by Gasteiger charge is 2.09. The van der Waals surface area contributed by atoms with Crippen molar-refractivity contribution in [3.8, 4) is 5.69 Å². The smallest absolute Gasteiger partial charge is 0.0715 e. The molecule has 0 amide bonds. The summed E-state index contributed by atoms with van der Waals surface area (Å²) in [5, 5.41) is 1.29. The van der Waals surface area contributed by atoms with Gasteiger partial charge >= 0.3 is 0 Å². The van der Waals surface area contributed by atoms with Crippen molar-refractivity contribution in [3.63, 3.8) is 0 Å². The third-order valence-corrected chi connectivity index (χ3v) is 4.14. The van der Waals surface area contributed by atoms with Crippen molar-refractivity contribution < 1.29 is 9.47 Å². The van der Waals surface area contributed by atoms with E-state index in [1.807, 2.05) is 18.5 Å². The highest BCUT2D eigenvalue weighted by molar-refractivity contribution is 5.84. The quantitative estimate of drug-likeness (QED) is 0.558. The fraction of sp³-hybridized carbons (Fsp3) is 0.350. The molecule has 0 atom stereocenters. The van der Waals surface area contributed by atoms with Gasteiger partial charge in [0.1, 0.15) is 0 Å². The average Bonchev–Trinajstić information content (AvgIpc) is 3.01. The van der Waals surface area contributed by atoms with Gasteiger partial charge in [-0.05, 0) is 43.0 Å². The second-order valence-corrected chi connectivity index (χ2v) is 5.81. The molecule has 2 aromatic heterocycles. The molecule has 0 fully saturated rings. The summed E-state index contributed by atoms with van der Waals surface area (Å²) in [7, 11) is 1.70. The lowest BCUT2D eigenvalue weighted by atomic mass is 10.1. The van der Waals surface area contributed by atoms with Crippen molar-refractivity contribution in [2.45, 2.75) is 19.3 Å². The van der Waals surface area contributed by atoms with E-state index in [0.717, 1.165) is 31.4 Å². The molecule has 0 saturated heterocycles. The molecule has 0 aliphatic heterocycles. The number of methoxy groups -OCH3 is 1. The van der Waals surface area contributed by atoms with E-state index in [1.165, 1.54) is 16.6 Å². The van der Waals surface area contributed by atoms with Crippen LogP contribution in [0.15, 0.2) is 55.0 Å². The number of unbranched alkanes of at least 4 members (excludes halogenated alkanes) is 1. The molecule has 2 heterocycles. The number of hydrogen-bond acceptors (Lipinski definition) is 3. The van der Waals surface area contributed by atoms with Gasteiger partial charge in [-0.15, -0.1) is 0 Å². The van der Waals surface area contributed by atoms with Gasteiger partial charge in [0.15, 0.2) is 0 Å². The number of benzene rings is 1. The lowest BCUT2D eigenvalue weighted by Gasteiger charge is -2.04. The zero-order chi connectivity index (χ0) is 16.6. The predicted molar refractivity (Wildman–Crippen MR) is 96.7 cm³/mol. The molecular formula is C20H24N2O2. The molecule has 0 bridgehead atoms. The van der Waals surface area contributed by atoms with Gasteiger partial charge < -0.3 is 14.0 Å². The number of para-hydroxylation sites is 1. The standard InChI is InChI=1S/C20H24N2O2/c1-23-13-14-24-12-6-5-7-17-16-22(18-8-3-2-4-9-18)20-15-21-11-10-19(17)20/h2-4,8-11,15-16H,5-7,12-14H2,1H3. The highest BCUT2D eigenvalue weighted by atomic mass is 16.5. The van der Waals surface area contributed by atoms with Crippen LogP contribution in [0.25, 0.3) is 16.6 Å². The molecule has 4 heteroatoms. The Bertz CT molecular complexity index is 753. The molecule has 3 rings (SSSR count). The second kappa shape index (κ2) is 8.62. The van der Waals surface area contributed by atoms with Gasteiger partial charge in [-0.1, -0.05) is 18.2 Å². The van der Waals surface area contributed by atoms with E-state index in [9.17, 15) is 0 Å². The van der Waals surface area contributed by atoms with Crippen molar-refractivity contribution in [1.82, 2.24) is 9.55 Å². The Kier molecular flexibility index (Phi) is 5.99. The van der Waals surface area contributed by atoms with E-state index in [0.29, 0.717) is 13.2 Å².